The summed E-state index contributed by atoms with van der Waals surface area (Å²) in [6.07, 6.45) is -0.567. The number of aryl methyl sites for hydroxylation is 2. The number of fused-ring (bicyclic) bond motifs is 1. The highest BCUT2D eigenvalue weighted by Crippen LogP contribution is 2.29. The van der Waals surface area contributed by atoms with Gasteiger partial charge in [-0.15, -0.1) is 0 Å². The summed E-state index contributed by atoms with van der Waals surface area (Å²) in [5.74, 6) is -0.227. The monoisotopic (exact) mass is 439 g/mol. The molecule has 0 radical (unpaired) electrons. The number of amides is 1. The molecule has 1 atom stereocenters. The van der Waals surface area contributed by atoms with Gasteiger partial charge in [-0.05, 0) is 49.2 Å². The predicted octanol–water partition coefficient (Wildman–Crippen LogP) is 2.97. The zero-order chi connectivity index (χ0) is 22.2. The number of pyridine rings is 1. The average molecular weight is 440 g/mol. The zero-order valence-electron chi connectivity index (χ0n) is 17.8. The number of para-hydroxylation sites is 1. The Kier molecular flexibility index (Phi) is 5.79. The smallest absolute Gasteiger partial charge is 0.251 e. The minimum Gasteiger partial charge on any atom is -0.369 e. The van der Waals surface area contributed by atoms with Crippen LogP contribution in [0, 0.1) is 13.8 Å². The number of nitrogens with zero attached hydrogens (tertiary/aromatic N) is 2. The summed E-state index contributed by atoms with van der Waals surface area (Å²) in [5.41, 5.74) is 3.66. The molecule has 0 unspecified atom stereocenters. The van der Waals surface area contributed by atoms with Gasteiger partial charge in [0.1, 0.15) is 6.10 Å². The maximum absolute atomic E-state index is 13.2. The molecule has 2 aromatic carbocycles. The molecule has 1 aromatic heterocycles. The van der Waals surface area contributed by atoms with E-state index in [4.69, 9.17) is 4.74 Å². The van der Waals surface area contributed by atoms with Crippen LogP contribution in [-0.2, 0) is 14.8 Å². The van der Waals surface area contributed by atoms with Crippen LogP contribution in [0.1, 0.15) is 33.3 Å². The third kappa shape index (κ3) is 4.06. The van der Waals surface area contributed by atoms with E-state index in [2.05, 4.69) is 10.3 Å². The Bertz CT molecular complexity index is 1260. The Morgan fingerprint density at radius 2 is 1.90 bits per heavy atom. The number of morpholine rings is 1. The molecule has 1 N–H and O–H groups in total. The van der Waals surface area contributed by atoms with E-state index in [1.807, 2.05) is 44.2 Å². The van der Waals surface area contributed by atoms with Gasteiger partial charge in [-0.2, -0.15) is 4.31 Å². The van der Waals surface area contributed by atoms with E-state index in [1.54, 1.807) is 25.2 Å². The van der Waals surface area contributed by atoms with Crippen LogP contribution in [-0.4, -0.2) is 50.4 Å². The number of hydrogen-bond acceptors (Lipinski definition) is 5. The van der Waals surface area contributed by atoms with Crippen molar-refractivity contribution in [3.63, 3.8) is 0 Å². The molecule has 8 heteroatoms. The Labute approximate surface area is 182 Å². The molecule has 1 aliphatic rings. The van der Waals surface area contributed by atoms with E-state index >= 15 is 0 Å². The third-order valence-corrected chi connectivity index (χ3v) is 7.54. The molecule has 4 rings (SSSR count). The Morgan fingerprint density at radius 1 is 1.13 bits per heavy atom. The van der Waals surface area contributed by atoms with Crippen LogP contribution in [0.15, 0.2) is 53.4 Å². The maximum Gasteiger partial charge on any atom is 0.251 e. The number of benzene rings is 2. The number of ether oxygens (including phenoxy) is 1. The van der Waals surface area contributed by atoms with Crippen LogP contribution in [0.5, 0.6) is 0 Å². The van der Waals surface area contributed by atoms with Crippen LogP contribution < -0.4 is 5.32 Å². The van der Waals surface area contributed by atoms with E-state index in [9.17, 15) is 13.2 Å². The first-order valence-electron chi connectivity index (χ1n) is 10.1. The van der Waals surface area contributed by atoms with Crippen molar-refractivity contribution in [1.82, 2.24) is 14.6 Å². The topological polar surface area (TPSA) is 88.6 Å². The second-order valence-corrected chi connectivity index (χ2v) is 9.60. The summed E-state index contributed by atoms with van der Waals surface area (Å²) < 4.78 is 33.8. The van der Waals surface area contributed by atoms with Crippen LogP contribution in [0.4, 0.5) is 0 Å². The summed E-state index contributed by atoms with van der Waals surface area (Å²) in [6.45, 7) is 4.50. The molecule has 0 aliphatic carbocycles. The highest BCUT2D eigenvalue weighted by atomic mass is 32.2. The van der Waals surface area contributed by atoms with Gasteiger partial charge in [0, 0.05) is 25.5 Å². The molecule has 1 aliphatic heterocycles. The molecule has 0 spiro atoms. The van der Waals surface area contributed by atoms with Gasteiger partial charge in [-0.25, -0.2) is 13.4 Å². The summed E-state index contributed by atoms with van der Waals surface area (Å²) >= 11 is 0. The second-order valence-electron chi connectivity index (χ2n) is 7.66. The number of carbonyl (C=O) groups excluding carboxylic acids is 1. The molecule has 2 heterocycles. The summed E-state index contributed by atoms with van der Waals surface area (Å²) in [4.78, 5) is 17.4. The Morgan fingerprint density at radius 3 is 2.65 bits per heavy atom. The molecular formula is C23H25N3O4S. The van der Waals surface area contributed by atoms with Gasteiger partial charge in [-0.1, -0.05) is 24.3 Å². The van der Waals surface area contributed by atoms with Crippen molar-refractivity contribution in [1.29, 1.82) is 0 Å². The highest BCUT2D eigenvalue weighted by Gasteiger charge is 2.33. The lowest BCUT2D eigenvalue weighted by molar-refractivity contribution is -0.00479. The minimum absolute atomic E-state index is 0.133. The third-order valence-electron chi connectivity index (χ3n) is 5.68. The van der Waals surface area contributed by atoms with Crippen molar-refractivity contribution in [2.45, 2.75) is 24.8 Å². The average Bonchev–Trinajstić information content (AvgIpc) is 2.79. The van der Waals surface area contributed by atoms with E-state index in [0.29, 0.717) is 16.8 Å². The fourth-order valence-electron chi connectivity index (χ4n) is 3.73. The highest BCUT2D eigenvalue weighted by molar-refractivity contribution is 7.89. The van der Waals surface area contributed by atoms with Crippen LogP contribution in [0.25, 0.3) is 10.9 Å². The summed E-state index contributed by atoms with van der Waals surface area (Å²) in [7, 11) is -2.09. The summed E-state index contributed by atoms with van der Waals surface area (Å²) in [5, 5.41) is 3.39. The predicted molar refractivity (Wildman–Crippen MR) is 119 cm³/mol. The van der Waals surface area contributed by atoms with Crippen LogP contribution >= 0.6 is 0 Å². The molecule has 1 amide bonds. The van der Waals surface area contributed by atoms with Gasteiger partial charge in [0.05, 0.1) is 28.3 Å². The molecular weight excluding hydrogens is 414 g/mol. The summed E-state index contributed by atoms with van der Waals surface area (Å²) in [6, 6.07) is 14.2. The molecule has 0 bridgehead atoms. The minimum atomic E-state index is -3.67. The molecule has 1 fully saturated rings. The lowest BCUT2D eigenvalue weighted by Crippen LogP contribution is -2.42. The first-order valence-corrected chi connectivity index (χ1v) is 11.6. The Hall–Kier alpha value is -2.81. The normalized spacial score (nSPS) is 17.6. The van der Waals surface area contributed by atoms with Gasteiger partial charge in [0.2, 0.25) is 10.0 Å². The van der Waals surface area contributed by atoms with Crippen molar-refractivity contribution in [2.24, 2.45) is 0 Å². The molecule has 0 saturated carbocycles. The van der Waals surface area contributed by atoms with Gasteiger partial charge in [-0.3, -0.25) is 4.79 Å². The van der Waals surface area contributed by atoms with E-state index in [-0.39, 0.29) is 30.5 Å². The molecule has 162 valence electrons. The lowest BCUT2D eigenvalue weighted by atomic mass is 10.0. The first-order chi connectivity index (χ1) is 14.8. The maximum atomic E-state index is 13.2. The molecule has 3 aromatic rings. The molecule has 1 saturated heterocycles. The largest absolute Gasteiger partial charge is 0.369 e. The van der Waals surface area contributed by atoms with Crippen LogP contribution in [0.3, 0.4) is 0 Å². The van der Waals surface area contributed by atoms with Gasteiger partial charge >= 0.3 is 0 Å². The SMILES string of the molecule is CNC(=O)c1cc([C@@H]2CN(S(=O)(=O)c3ccc(C)c(C)c3)CCO2)nc2ccccc12. The first kappa shape index (κ1) is 21.4. The quantitative estimate of drug-likeness (QED) is 0.675. The number of sulfonamides is 1. The van der Waals surface area contributed by atoms with Gasteiger partial charge in [0.25, 0.3) is 5.91 Å². The van der Waals surface area contributed by atoms with Gasteiger partial charge in [0.15, 0.2) is 0 Å². The Balaban J connectivity index is 1.69. The number of nitrogens with one attached hydrogen (secondary N) is 1. The van der Waals surface area contributed by atoms with Gasteiger partial charge < -0.3 is 10.1 Å². The van der Waals surface area contributed by atoms with Crippen molar-refractivity contribution < 1.29 is 17.9 Å². The molecule has 7 nitrogen and oxygen atoms in total. The number of aromatic nitrogens is 1. The number of hydrogen-bond donors (Lipinski definition) is 1. The van der Waals surface area contributed by atoms with E-state index in [0.717, 1.165) is 16.5 Å². The standard InChI is InChI=1S/C23H25N3O4S/c1-15-8-9-17(12-16(15)2)31(28,29)26-10-11-30-22(14-26)21-13-19(23(27)24-3)18-6-4-5-7-20(18)25-21/h4-9,12-13,22H,10-11,14H2,1-3H3,(H,24,27)/t22-/m0/s1. The van der Waals surface area contributed by atoms with Crippen LogP contribution in [0.2, 0.25) is 0 Å². The van der Waals surface area contributed by atoms with Crippen molar-refractivity contribution >= 4 is 26.8 Å². The second kappa shape index (κ2) is 8.37. The van der Waals surface area contributed by atoms with E-state index in [1.165, 1.54) is 4.31 Å². The number of rotatable bonds is 4. The van der Waals surface area contributed by atoms with Crippen molar-refractivity contribution in [2.75, 3.05) is 26.7 Å². The zero-order valence-corrected chi connectivity index (χ0v) is 18.6. The fraction of sp³-hybridized carbons (Fsp3) is 0.304. The fourth-order valence-corrected chi connectivity index (χ4v) is 5.24. The molecule has 31 heavy (non-hydrogen) atoms. The van der Waals surface area contributed by atoms with Crippen molar-refractivity contribution in [3.05, 3.63) is 70.9 Å². The van der Waals surface area contributed by atoms with Crippen molar-refractivity contribution in [3.8, 4) is 0 Å². The number of carbonyl (C=O) groups is 1. The lowest BCUT2D eigenvalue weighted by Gasteiger charge is -2.32. The van der Waals surface area contributed by atoms with E-state index < -0.39 is 16.1 Å².